The van der Waals surface area contributed by atoms with Gasteiger partial charge in [0.15, 0.2) is 0 Å². The van der Waals surface area contributed by atoms with Crippen LogP contribution in [0.5, 0.6) is 0 Å². The zero-order chi connectivity index (χ0) is 23.8. The monoisotopic (exact) mass is 470 g/mol. The molecular weight excluding hydrogens is 453 g/mol. The highest BCUT2D eigenvalue weighted by Gasteiger charge is 2.31. The van der Waals surface area contributed by atoms with Crippen molar-refractivity contribution in [1.29, 1.82) is 0 Å². The van der Waals surface area contributed by atoms with E-state index < -0.39 is 23.6 Å². The number of alkyl halides is 3. The van der Waals surface area contributed by atoms with E-state index in [1.807, 2.05) is 6.07 Å². The molecular formula is C25H18ClF3N2O2. The lowest BCUT2D eigenvalue weighted by Crippen LogP contribution is -2.20. The molecule has 3 aromatic rings. The number of rotatable bonds is 4. The van der Waals surface area contributed by atoms with Crippen LogP contribution in [0.3, 0.4) is 0 Å². The molecule has 0 aliphatic heterocycles. The highest BCUT2D eigenvalue weighted by molar-refractivity contribution is 6.32. The van der Waals surface area contributed by atoms with E-state index in [1.165, 1.54) is 12.1 Å². The molecule has 2 amide bonds. The fraction of sp³-hybridized carbons (Fsp3) is 0.120. The molecule has 1 atom stereocenters. The fourth-order valence-electron chi connectivity index (χ4n) is 3.61. The van der Waals surface area contributed by atoms with Crippen LogP contribution in [0.15, 0.2) is 66.7 Å². The summed E-state index contributed by atoms with van der Waals surface area (Å²) in [6, 6.07) is 14.4. The van der Waals surface area contributed by atoms with Gasteiger partial charge in [0.25, 0.3) is 5.91 Å². The quantitative estimate of drug-likeness (QED) is 0.447. The van der Waals surface area contributed by atoms with E-state index in [0.29, 0.717) is 16.4 Å². The van der Waals surface area contributed by atoms with Gasteiger partial charge in [-0.3, -0.25) is 9.59 Å². The van der Waals surface area contributed by atoms with Crippen molar-refractivity contribution in [3.63, 3.8) is 0 Å². The zero-order valence-corrected chi connectivity index (χ0v) is 18.1. The molecule has 33 heavy (non-hydrogen) atoms. The van der Waals surface area contributed by atoms with Crippen molar-refractivity contribution in [3.8, 4) is 0 Å². The molecule has 1 unspecified atom stereocenters. The van der Waals surface area contributed by atoms with Crippen LogP contribution < -0.4 is 10.6 Å². The number of fused-ring (bicyclic) bond motifs is 1. The van der Waals surface area contributed by atoms with Crippen molar-refractivity contribution in [1.82, 2.24) is 0 Å². The van der Waals surface area contributed by atoms with Crippen LogP contribution in [-0.4, -0.2) is 11.8 Å². The number of hydrogen-bond donors (Lipinski definition) is 2. The summed E-state index contributed by atoms with van der Waals surface area (Å²) in [4.78, 5) is 25.4. The summed E-state index contributed by atoms with van der Waals surface area (Å²) >= 11 is 6.19. The summed E-state index contributed by atoms with van der Waals surface area (Å²) < 4.78 is 38.8. The predicted molar refractivity (Wildman–Crippen MR) is 122 cm³/mol. The van der Waals surface area contributed by atoms with Crippen LogP contribution in [0.1, 0.15) is 38.5 Å². The Bertz CT molecular complexity index is 1280. The van der Waals surface area contributed by atoms with Crippen molar-refractivity contribution in [3.05, 3.63) is 99.6 Å². The van der Waals surface area contributed by atoms with Gasteiger partial charge in [-0.1, -0.05) is 48.0 Å². The SMILES string of the molecule is Cc1ccc(NC(=O)c2cccc(C(F)(F)F)c2)cc1NC(=O)C1C=Cc2c(Cl)cccc21. The second-order valence-corrected chi connectivity index (χ2v) is 8.04. The molecule has 0 aromatic heterocycles. The molecule has 0 fully saturated rings. The Morgan fingerprint density at radius 1 is 0.970 bits per heavy atom. The summed E-state index contributed by atoms with van der Waals surface area (Å²) in [7, 11) is 0. The van der Waals surface area contributed by atoms with Gasteiger partial charge in [0.05, 0.1) is 11.5 Å². The first-order valence-electron chi connectivity index (χ1n) is 10.0. The van der Waals surface area contributed by atoms with Crippen LogP contribution in [0.2, 0.25) is 5.02 Å². The van der Waals surface area contributed by atoms with E-state index in [2.05, 4.69) is 10.6 Å². The van der Waals surface area contributed by atoms with Crippen LogP contribution >= 0.6 is 11.6 Å². The first kappa shape index (κ1) is 22.6. The molecule has 1 aliphatic rings. The molecule has 0 saturated carbocycles. The second kappa shape index (κ2) is 8.75. The number of aryl methyl sites for hydroxylation is 1. The molecule has 0 heterocycles. The largest absolute Gasteiger partial charge is 0.416 e. The van der Waals surface area contributed by atoms with E-state index in [0.717, 1.165) is 28.8 Å². The second-order valence-electron chi connectivity index (χ2n) is 7.63. The predicted octanol–water partition coefficient (Wildman–Crippen LogP) is 6.67. The van der Waals surface area contributed by atoms with E-state index in [9.17, 15) is 22.8 Å². The number of amides is 2. The minimum atomic E-state index is -4.55. The van der Waals surface area contributed by atoms with Gasteiger partial charge in [-0.2, -0.15) is 13.2 Å². The Morgan fingerprint density at radius 3 is 2.48 bits per heavy atom. The number of anilines is 2. The van der Waals surface area contributed by atoms with Gasteiger partial charge in [0.2, 0.25) is 5.91 Å². The van der Waals surface area contributed by atoms with Gasteiger partial charge in [0, 0.05) is 22.0 Å². The number of nitrogens with one attached hydrogen (secondary N) is 2. The average Bonchev–Trinajstić information content (AvgIpc) is 3.21. The van der Waals surface area contributed by atoms with Crippen LogP contribution in [-0.2, 0) is 11.0 Å². The molecule has 0 bridgehead atoms. The fourth-order valence-corrected chi connectivity index (χ4v) is 3.86. The van der Waals surface area contributed by atoms with Crippen molar-refractivity contribution < 1.29 is 22.8 Å². The van der Waals surface area contributed by atoms with E-state index in [1.54, 1.807) is 49.4 Å². The molecule has 2 N–H and O–H groups in total. The molecule has 168 valence electrons. The Kier molecular flexibility index (Phi) is 5.99. The minimum absolute atomic E-state index is 0.124. The lowest BCUT2D eigenvalue weighted by molar-refractivity contribution is -0.137. The summed E-state index contributed by atoms with van der Waals surface area (Å²) in [5, 5.41) is 6.01. The number of carbonyl (C=O) groups excluding carboxylic acids is 2. The average molecular weight is 471 g/mol. The Balaban J connectivity index is 1.51. The first-order valence-corrected chi connectivity index (χ1v) is 10.4. The van der Waals surface area contributed by atoms with Crippen molar-refractivity contribution in [2.24, 2.45) is 0 Å². The number of benzene rings is 3. The molecule has 8 heteroatoms. The molecule has 3 aromatic carbocycles. The normalized spacial score (nSPS) is 14.6. The number of hydrogen-bond acceptors (Lipinski definition) is 2. The van der Waals surface area contributed by atoms with E-state index in [4.69, 9.17) is 11.6 Å². The maximum Gasteiger partial charge on any atom is 0.416 e. The Morgan fingerprint density at radius 2 is 1.73 bits per heavy atom. The molecule has 0 saturated heterocycles. The Hall–Kier alpha value is -3.58. The van der Waals surface area contributed by atoms with Gasteiger partial charge < -0.3 is 10.6 Å². The van der Waals surface area contributed by atoms with E-state index >= 15 is 0 Å². The smallest absolute Gasteiger partial charge is 0.325 e. The van der Waals surface area contributed by atoms with Gasteiger partial charge in [-0.05, 0) is 60.0 Å². The summed E-state index contributed by atoms with van der Waals surface area (Å²) in [5.41, 5.74) is 2.14. The lowest BCUT2D eigenvalue weighted by Gasteiger charge is -2.15. The van der Waals surface area contributed by atoms with Crippen LogP contribution in [0.4, 0.5) is 24.5 Å². The standard InChI is InChI=1S/C25H18ClF3N2O2/c1-14-8-9-17(30-23(32)15-4-2-5-16(12-15)25(27,28)29)13-22(14)31-24(33)20-11-10-19-18(20)6-3-7-21(19)26/h2-13,20H,1H3,(H,30,32)(H,31,33). The van der Waals surface area contributed by atoms with Crippen LogP contribution in [0, 0.1) is 6.92 Å². The zero-order valence-electron chi connectivity index (χ0n) is 17.3. The third kappa shape index (κ3) is 4.78. The number of halogens is 4. The first-order chi connectivity index (χ1) is 15.6. The summed E-state index contributed by atoms with van der Waals surface area (Å²) in [6.45, 7) is 1.79. The van der Waals surface area contributed by atoms with E-state index in [-0.39, 0.29) is 11.5 Å². The topological polar surface area (TPSA) is 58.2 Å². The van der Waals surface area contributed by atoms with Gasteiger partial charge in [0.1, 0.15) is 0 Å². The molecule has 0 spiro atoms. The van der Waals surface area contributed by atoms with Gasteiger partial charge >= 0.3 is 6.18 Å². The minimum Gasteiger partial charge on any atom is -0.325 e. The Labute approximate surface area is 193 Å². The summed E-state index contributed by atoms with van der Waals surface area (Å²) in [6.07, 6.45) is -0.976. The highest BCUT2D eigenvalue weighted by atomic mass is 35.5. The van der Waals surface area contributed by atoms with Crippen molar-refractivity contribution in [2.45, 2.75) is 19.0 Å². The maximum atomic E-state index is 12.9. The third-order valence-corrected chi connectivity index (χ3v) is 5.69. The maximum absolute atomic E-state index is 12.9. The van der Waals surface area contributed by atoms with Crippen molar-refractivity contribution in [2.75, 3.05) is 10.6 Å². The lowest BCUT2D eigenvalue weighted by atomic mass is 9.99. The van der Waals surface area contributed by atoms with Gasteiger partial charge in [-0.15, -0.1) is 0 Å². The highest BCUT2D eigenvalue weighted by Crippen LogP contribution is 2.35. The van der Waals surface area contributed by atoms with Crippen LogP contribution in [0.25, 0.3) is 6.08 Å². The molecule has 4 nitrogen and oxygen atoms in total. The molecule has 4 rings (SSSR count). The molecule has 0 radical (unpaired) electrons. The van der Waals surface area contributed by atoms with Gasteiger partial charge in [-0.25, -0.2) is 0 Å². The summed E-state index contributed by atoms with van der Waals surface area (Å²) in [5.74, 6) is -1.47. The van der Waals surface area contributed by atoms with Crippen molar-refractivity contribution >= 4 is 40.9 Å². The third-order valence-electron chi connectivity index (χ3n) is 5.36. The number of carbonyl (C=O) groups is 2. The molecule has 1 aliphatic carbocycles.